The van der Waals surface area contributed by atoms with Crippen molar-refractivity contribution in [1.82, 2.24) is 20.2 Å². The first-order chi connectivity index (χ1) is 9.66. The summed E-state index contributed by atoms with van der Waals surface area (Å²) in [4.78, 5) is 0. The van der Waals surface area contributed by atoms with Crippen molar-refractivity contribution in [2.45, 2.75) is 38.8 Å². The highest BCUT2D eigenvalue weighted by Crippen LogP contribution is 2.28. The first kappa shape index (κ1) is 13.1. The van der Waals surface area contributed by atoms with Gasteiger partial charge in [-0.1, -0.05) is 0 Å². The van der Waals surface area contributed by atoms with E-state index in [1.54, 1.807) is 0 Å². The van der Waals surface area contributed by atoms with E-state index in [0.29, 0.717) is 0 Å². The SMILES string of the molecule is Cc1cc(-c2nnnn2C(C)C2CCCO2)ccc1N. The quantitative estimate of drug-likeness (QED) is 0.865. The number of ether oxygens (including phenoxy) is 1. The van der Waals surface area contributed by atoms with Gasteiger partial charge in [0, 0.05) is 17.9 Å². The van der Waals surface area contributed by atoms with Gasteiger partial charge in [0.1, 0.15) is 0 Å². The van der Waals surface area contributed by atoms with E-state index in [2.05, 4.69) is 22.4 Å². The molecule has 0 spiro atoms. The smallest absolute Gasteiger partial charge is 0.182 e. The van der Waals surface area contributed by atoms with Crippen LogP contribution in [0.15, 0.2) is 18.2 Å². The van der Waals surface area contributed by atoms with Crippen LogP contribution in [-0.4, -0.2) is 32.9 Å². The molecule has 6 heteroatoms. The van der Waals surface area contributed by atoms with Gasteiger partial charge in [-0.25, -0.2) is 4.68 Å². The molecule has 1 aromatic heterocycles. The van der Waals surface area contributed by atoms with E-state index in [1.165, 1.54) is 0 Å². The number of rotatable bonds is 3. The van der Waals surface area contributed by atoms with E-state index in [0.717, 1.165) is 42.1 Å². The highest BCUT2D eigenvalue weighted by atomic mass is 16.5. The third-order valence-corrected chi connectivity index (χ3v) is 3.91. The summed E-state index contributed by atoms with van der Waals surface area (Å²) in [5, 5.41) is 12.1. The molecule has 1 fully saturated rings. The molecule has 2 unspecified atom stereocenters. The second-order valence-corrected chi connectivity index (χ2v) is 5.31. The van der Waals surface area contributed by atoms with Gasteiger partial charge in [0.05, 0.1) is 12.1 Å². The summed E-state index contributed by atoms with van der Waals surface area (Å²) in [7, 11) is 0. The minimum Gasteiger partial charge on any atom is -0.399 e. The van der Waals surface area contributed by atoms with Crippen molar-refractivity contribution >= 4 is 5.69 Å². The molecular formula is C14H19N5O. The second-order valence-electron chi connectivity index (χ2n) is 5.31. The number of nitrogens with zero attached hydrogens (tertiary/aromatic N) is 4. The number of aromatic nitrogens is 4. The Bertz CT molecular complexity index is 603. The van der Waals surface area contributed by atoms with Gasteiger partial charge < -0.3 is 10.5 Å². The van der Waals surface area contributed by atoms with Crippen molar-refractivity contribution in [3.63, 3.8) is 0 Å². The lowest BCUT2D eigenvalue weighted by Crippen LogP contribution is -2.22. The standard InChI is InChI=1S/C14H19N5O/c1-9-8-11(5-6-12(9)15)14-16-17-18-19(14)10(2)13-4-3-7-20-13/h5-6,8,10,13H,3-4,7,15H2,1-2H3. The average molecular weight is 273 g/mol. The number of hydrogen-bond acceptors (Lipinski definition) is 5. The van der Waals surface area contributed by atoms with Gasteiger partial charge in [-0.3, -0.25) is 0 Å². The number of nitrogen functional groups attached to an aromatic ring is 1. The van der Waals surface area contributed by atoms with Gasteiger partial charge in [-0.2, -0.15) is 0 Å². The molecule has 0 aliphatic carbocycles. The predicted octanol–water partition coefficient (Wildman–Crippen LogP) is 1.97. The van der Waals surface area contributed by atoms with Gasteiger partial charge in [-0.05, 0) is 60.9 Å². The van der Waals surface area contributed by atoms with Crippen LogP contribution < -0.4 is 5.73 Å². The Kier molecular flexibility index (Phi) is 3.40. The molecule has 1 aliphatic heterocycles. The Morgan fingerprint density at radius 3 is 3.00 bits per heavy atom. The molecule has 6 nitrogen and oxygen atoms in total. The zero-order valence-corrected chi connectivity index (χ0v) is 11.8. The maximum Gasteiger partial charge on any atom is 0.182 e. The Balaban J connectivity index is 1.94. The highest BCUT2D eigenvalue weighted by molar-refractivity contribution is 5.61. The Labute approximate surface area is 117 Å². The number of benzene rings is 1. The van der Waals surface area contributed by atoms with E-state index < -0.39 is 0 Å². The molecule has 20 heavy (non-hydrogen) atoms. The van der Waals surface area contributed by atoms with E-state index in [-0.39, 0.29) is 12.1 Å². The normalized spacial score (nSPS) is 20.2. The fourth-order valence-corrected chi connectivity index (χ4v) is 2.61. The Morgan fingerprint density at radius 1 is 1.45 bits per heavy atom. The van der Waals surface area contributed by atoms with Gasteiger partial charge in [0.25, 0.3) is 0 Å². The molecular weight excluding hydrogens is 254 g/mol. The topological polar surface area (TPSA) is 78.8 Å². The zero-order chi connectivity index (χ0) is 14.1. The van der Waals surface area contributed by atoms with Crippen LogP contribution in [0, 0.1) is 6.92 Å². The summed E-state index contributed by atoms with van der Waals surface area (Å²) in [5.74, 6) is 0.760. The second kappa shape index (κ2) is 5.20. The van der Waals surface area contributed by atoms with Crippen LogP contribution >= 0.6 is 0 Å². The third-order valence-electron chi connectivity index (χ3n) is 3.91. The Morgan fingerprint density at radius 2 is 2.30 bits per heavy atom. The van der Waals surface area contributed by atoms with Crippen LogP contribution in [0.5, 0.6) is 0 Å². The Hall–Kier alpha value is -1.95. The molecule has 2 heterocycles. The van der Waals surface area contributed by atoms with Crippen molar-refractivity contribution in [1.29, 1.82) is 0 Å². The number of hydrogen-bond donors (Lipinski definition) is 1. The molecule has 106 valence electrons. The number of aryl methyl sites for hydroxylation is 1. The molecule has 0 amide bonds. The number of tetrazole rings is 1. The maximum absolute atomic E-state index is 5.86. The van der Waals surface area contributed by atoms with Crippen LogP contribution in [0.4, 0.5) is 5.69 Å². The van der Waals surface area contributed by atoms with Crippen LogP contribution in [0.3, 0.4) is 0 Å². The van der Waals surface area contributed by atoms with E-state index in [4.69, 9.17) is 10.5 Å². The molecule has 0 saturated carbocycles. The first-order valence-electron chi connectivity index (χ1n) is 6.93. The monoisotopic (exact) mass is 273 g/mol. The van der Waals surface area contributed by atoms with Gasteiger partial charge in [0.15, 0.2) is 5.82 Å². The highest BCUT2D eigenvalue weighted by Gasteiger charge is 2.27. The molecule has 2 N–H and O–H groups in total. The molecule has 0 bridgehead atoms. The lowest BCUT2D eigenvalue weighted by molar-refractivity contribution is 0.0690. The summed E-state index contributed by atoms with van der Waals surface area (Å²) in [6.07, 6.45) is 2.35. The minimum absolute atomic E-state index is 0.125. The summed E-state index contributed by atoms with van der Waals surface area (Å²) in [6, 6.07) is 5.98. The predicted molar refractivity (Wildman–Crippen MR) is 76.1 cm³/mol. The van der Waals surface area contributed by atoms with Crippen molar-refractivity contribution in [2.24, 2.45) is 0 Å². The molecule has 1 aromatic carbocycles. The van der Waals surface area contributed by atoms with E-state index in [1.807, 2.05) is 29.8 Å². The minimum atomic E-state index is 0.125. The zero-order valence-electron chi connectivity index (χ0n) is 11.8. The summed E-state index contributed by atoms with van der Waals surface area (Å²) >= 11 is 0. The van der Waals surface area contributed by atoms with Crippen molar-refractivity contribution in [3.8, 4) is 11.4 Å². The van der Waals surface area contributed by atoms with Crippen LogP contribution in [0.1, 0.15) is 31.4 Å². The summed E-state index contributed by atoms with van der Waals surface area (Å²) in [6.45, 7) is 4.91. The molecule has 1 saturated heterocycles. The first-order valence-corrected chi connectivity index (χ1v) is 6.93. The number of nitrogens with two attached hydrogens (primary N) is 1. The van der Waals surface area contributed by atoms with Crippen LogP contribution in [-0.2, 0) is 4.74 Å². The van der Waals surface area contributed by atoms with Crippen LogP contribution in [0.25, 0.3) is 11.4 Å². The lowest BCUT2D eigenvalue weighted by Gasteiger charge is -2.19. The summed E-state index contributed by atoms with van der Waals surface area (Å²) in [5.41, 5.74) is 8.65. The van der Waals surface area contributed by atoms with Crippen LogP contribution in [0.2, 0.25) is 0 Å². The molecule has 3 rings (SSSR count). The lowest BCUT2D eigenvalue weighted by atomic mass is 10.1. The largest absolute Gasteiger partial charge is 0.399 e. The van der Waals surface area contributed by atoms with E-state index >= 15 is 0 Å². The van der Waals surface area contributed by atoms with Crippen molar-refractivity contribution < 1.29 is 4.74 Å². The number of anilines is 1. The molecule has 1 aliphatic rings. The maximum atomic E-state index is 5.86. The molecule has 0 radical (unpaired) electrons. The molecule has 2 atom stereocenters. The van der Waals surface area contributed by atoms with Crippen molar-refractivity contribution in [3.05, 3.63) is 23.8 Å². The third kappa shape index (κ3) is 2.27. The van der Waals surface area contributed by atoms with E-state index in [9.17, 15) is 0 Å². The fraction of sp³-hybridized carbons (Fsp3) is 0.500. The summed E-state index contributed by atoms with van der Waals surface area (Å²) < 4.78 is 7.58. The fourth-order valence-electron chi connectivity index (χ4n) is 2.61. The van der Waals surface area contributed by atoms with Gasteiger partial charge in [-0.15, -0.1) is 5.10 Å². The van der Waals surface area contributed by atoms with Gasteiger partial charge >= 0.3 is 0 Å². The van der Waals surface area contributed by atoms with Crippen molar-refractivity contribution in [2.75, 3.05) is 12.3 Å². The van der Waals surface area contributed by atoms with Gasteiger partial charge in [0.2, 0.25) is 0 Å². The molecule has 2 aromatic rings. The average Bonchev–Trinajstić information content (AvgIpc) is 3.11.